The van der Waals surface area contributed by atoms with Crippen molar-refractivity contribution in [1.29, 1.82) is 0 Å². The molecule has 0 aromatic rings. The van der Waals surface area contributed by atoms with Crippen LogP contribution in [0.25, 0.3) is 0 Å². The van der Waals surface area contributed by atoms with Crippen LogP contribution in [0.5, 0.6) is 0 Å². The Morgan fingerprint density at radius 1 is 1.33 bits per heavy atom. The summed E-state index contributed by atoms with van der Waals surface area (Å²) in [5.74, 6) is 0. The number of rotatable bonds is 7. The Morgan fingerprint density at radius 2 is 2.00 bits per heavy atom. The highest BCUT2D eigenvalue weighted by atomic mass is 14.7. The molecule has 0 aromatic heterocycles. The average molecular weight is 170 g/mol. The molecular weight excluding hydrogens is 148 g/mol. The van der Waals surface area contributed by atoms with Crippen LogP contribution in [0.1, 0.15) is 46.0 Å². The Balaban J connectivity index is 3.23. The first-order chi connectivity index (χ1) is 5.70. The summed E-state index contributed by atoms with van der Waals surface area (Å²) in [6, 6.07) is 0.797. The van der Waals surface area contributed by atoms with Gasteiger partial charge in [0.2, 0.25) is 0 Å². The number of nitrogens with two attached hydrogens (primary N) is 1. The molecule has 0 rings (SSSR count). The largest absolute Gasteiger partial charge is 0.328 e. The molecule has 0 fully saturated rings. The van der Waals surface area contributed by atoms with Gasteiger partial charge in [-0.1, -0.05) is 13.3 Å². The molecule has 0 aromatic carbocycles. The Bertz CT molecular complexity index is 112. The predicted octanol–water partition coefficient (Wildman–Crippen LogP) is 2.37. The fourth-order valence-corrected chi connectivity index (χ4v) is 1.28. The van der Waals surface area contributed by atoms with E-state index in [9.17, 15) is 0 Å². The summed E-state index contributed by atoms with van der Waals surface area (Å²) in [6.07, 6.45) is 5.78. The van der Waals surface area contributed by atoms with Gasteiger partial charge in [-0.15, -0.1) is 0 Å². The summed E-state index contributed by atoms with van der Waals surface area (Å²) in [4.78, 5) is 3.94. The average Bonchev–Trinajstić information content (AvgIpc) is 2.04. The molecule has 12 heavy (non-hydrogen) atoms. The summed E-state index contributed by atoms with van der Waals surface area (Å²) in [5, 5.41) is 0. The molecule has 0 amide bonds. The van der Waals surface area contributed by atoms with E-state index in [0.717, 1.165) is 19.3 Å². The Hall–Kier alpha value is -0.370. The molecule has 2 unspecified atom stereocenters. The van der Waals surface area contributed by atoms with Crippen molar-refractivity contribution in [2.45, 2.75) is 58.0 Å². The first-order valence-electron chi connectivity index (χ1n) is 4.92. The van der Waals surface area contributed by atoms with E-state index in [2.05, 4.69) is 25.6 Å². The lowest BCUT2D eigenvalue weighted by molar-refractivity contribution is 0.507. The van der Waals surface area contributed by atoms with Crippen molar-refractivity contribution in [3.05, 3.63) is 0 Å². The van der Waals surface area contributed by atoms with Crippen LogP contribution in [0.4, 0.5) is 0 Å². The standard InChI is InChI=1S/C10H22N2/c1-4-6-10(11)8-5-7-9(2)12-3/h9-10H,3-8,11H2,1-2H3. The van der Waals surface area contributed by atoms with E-state index in [1.165, 1.54) is 12.8 Å². The van der Waals surface area contributed by atoms with Gasteiger partial charge in [-0.25, -0.2) is 0 Å². The summed E-state index contributed by atoms with van der Waals surface area (Å²) in [5.41, 5.74) is 5.87. The molecule has 0 saturated heterocycles. The van der Waals surface area contributed by atoms with Gasteiger partial charge < -0.3 is 5.73 Å². The second-order valence-electron chi connectivity index (χ2n) is 3.51. The van der Waals surface area contributed by atoms with Crippen molar-refractivity contribution in [2.24, 2.45) is 10.7 Å². The summed E-state index contributed by atoms with van der Waals surface area (Å²) < 4.78 is 0. The topological polar surface area (TPSA) is 38.4 Å². The van der Waals surface area contributed by atoms with Crippen LogP contribution in [-0.4, -0.2) is 18.8 Å². The van der Waals surface area contributed by atoms with Crippen LogP contribution in [0.3, 0.4) is 0 Å². The smallest absolute Gasteiger partial charge is 0.0464 e. The third-order valence-electron chi connectivity index (χ3n) is 2.17. The zero-order valence-electron chi connectivity index (χ0n) is 8.42. The van der Waals surface area contributed by atoms with Crippen molar-refractivity contribution in [3.8, 4) is 0 Å². The van der Waals surface area contributed by atoms with E-state index >= 15 is 0 Å². The second kappa shape index (κ2) is 7.29. The Morgan fingerprint density at radius 3 is 2.50 bits per heavy atom. The van der Waals surface area contributed by atoms with Crippen LogP contribution >= 0.6 is 0 Å². The quantitative estimate of drug-likeness (QED) is 0.585. The first-order valence-corrected chi connectivity index (χ1v) is 4.92. The molecule has 0 aliphatic carbocycles. The molecule has 0 spiro atoms. The van der Waals surface area contributed by atoms with Gasteiger partial charge in [0, 0.05) is 12.1 Å². The zero-order valence-corrected chi connectivity index (χ0v) is 8.42. The van der Waals surface area contributed by atoms with E-state index in [1.807, 2.05) is 0 Å². The fraction of sp³-hybridized carbons (Fsp3) is 0.900. The van der Waals surface area contributed by atoms with Crippen LogP contribution in [0.15, 0.2) is 4.99 Å². The van der Waals surface area contributed by atoms with Crippen molar-refractivity contribution in [1.82, 2.24) is 0 Å². The molecule has 0 bridgehead atoms. The minimum absolute atomic E-state index is 0.395. The van der Waals surface area contributed by atoms with E-state index in [4.69, 9.17) is 5.73 Å². The van der Waals surface area contributed by atoms with Crippen molar-refractivity contribution in [3.63, 3.8) is 0 Å². The molecule has 0 aliphatic rings. The highest BCUT2D eigenvalue weighted by molar-refractivity contribution is 5.23. The molecule has 2 nitrogen and oxygen atoms in total. The summed E-state index contributed by atoms with van der Waals surface area (Å²) >= 11 is 0. The Kier molecular flexibility index (Phi) is 7.06. The minimum atomic E-state index is 0.395. The Labute approximate surface area is 76.3 Å². The maximum Gasteiger partial charge on any atom is 0.0464 e. The molecule has 2 atom stereocenters. The van der Waals surface area contributed by atoms with Crippen molar-refractivity contribution < 1.29 is 0 Å². The number of hydrogen-bond donors (Lipinski definition) is 1. The van der Waals surface area contributed by atoms with Gasteiger partial charge in [0.25, 0.3) is 0 Å². The van der Waals surface area contributed by atoms with E-state index in [-0.39, 0.29) is 0 Å². The molecule has 2 heteroatoms. The first kappa shape index (κ1) is 11.6. The number of aliphatic imine (C=N–C) groups is 1. The molecule has 0 heterocycles. The SMILES string of the molecule is C=NC(C)CCCC(N)CCC. The predicted molar refractivity (Wildman–Crippen MR) is 55.7 cm³/mol. The van der Waals surface area contributed by atoms with Crippen molar-refractivity contribution in [2.75, 3.05) is 0 Å². The molecular formula is C10H22N2. The van der Waals surface area contributed by atoms with Gasteiger partial charge in [-0.3, -0.25) is 4.99 Å². The van der Waals surface area contributed by atoms with Crippen LogP contribution < -0.4 is 5.73 Å². The van der Waals surface area contributed by atoms with Crippen LogP contribution in [0, 0.1) is 0 Å². The van der Waals surface area contributed by atoms with Gasteiger partial charge >= 0.3 is 0 Å². The molecule has 0 saturated carbocycles. The number of nitrogens with zero attached hydrogens (tertiary/aromatic N) is 1. The lowest BCUT2D eigenvalue weighted by atomic mass is 10.0. The van der Waals surface area contributed by atoms with E-state index in [0.29, 0.717) is 12.1 Å². The molecule has 72 valence electrons. The third-order valence-corrected chi connectivity index (χ3v) is 2.17. The van der Waals surface area contributed by atoms with Gasteiger partial charge in [-0.05, 0) is 39.3 Å². The van der Waals surface area contributed by atoms with Gasteiger partial charge in [0.1, 0.15) is 0 Å². The molecule has 0 aliphatic heterocycles. The lowest BCUT2D eigenvalue weighted by Crippen LogP contribution is -2.19. The number of hydrogen-bond acceptors (Lipinski definition) is 2. The minimum Gasteiger partial charge on any atom is -0.328 e. The van der Waals surface area contributed by atoms with Crippen LogP contribution in [0.2, 0.25) is 0 Å². The second-order valence-corrected chi connectivity index (χ2v) is 3.51. The fourth-order valence-electron chi connectivity index (χ4n) is 1.28. The zero-order chi connectivity index (χ0) is 9.40. The van der Waals surface area contributed by atoms with Gasteiger partial charge in [0.05, 0.1) is 0 Å². The summed E-state index contributed by atoms with van der Waals surface area (Å²) in [7, 11) is 0. The highest BCUT2D eigenvalue weighted by Crippen LogP contribution is 2.07. The molecule has 0 radical (unpaired) electrons. The normalized spacial score (nSPS) is 15.6. The van der Waals surface area contributed by atoms with E-state index in [1.54, 1.807) is 0 Å². The highest BCUT2D eigenvalue weighted by Gasteiger charge is 2.02. The maximum absolute atomic E-state index is 5.87. The lowest BCUT2D eigenvalue weighted by Gasteiger charge is -2.10. The van der Waals surface area contributed by atoms with Gasteiger partial charge in [-0.2, -0.15) is 0 Å². The monoisotopic (exact) mass is 170 g/mol. The van der Waals surface area contributed by atoms with Crippen molar-refractivity contribution >= 4 is 6.72 Å². The summed E-state index contributed by atoms with van der Waals surface area (Å²) in [6.45, 7) is 7.78. The molecule has 2 N–H and O–H groups in total. The van der Waals surface area contributed by atoms with Gasteiger partial charge in [0.15, 0.2) is 0 Å². The van der Waals surface area contributed by atoms with E-state index < -0.39 is 0 Å². The maximum atomic E-state index is 5.87. The third kappa shape index (κ3) is 6.35. The van der Waals surface area contributed by atoms with Crippen LogP contribution in [-0.2, 0) is 0 Å².